The maximum absolute atomic E-state index is 12.2. The number of amides is 1. The smallest absolute Gasteiger partial charge is 0.251 e. The van der Waals surface area contributed by atoms with Gasteiger partial charge in [0.1, 0.15) is 0 Å². The summed E-state index contributed by atoms with van der Waals surface area (Å²) < 4.78 is 24.9. The summed E-state index contributed by atoms with van der Waals surface area (Å²) in [6.45, 7) is 2.24. The first-order valence-corrected chi connectivity index (χ1v) is 10.1. The predicted octanol–water partition coefficient (Wildman–Crippen LogP) is 3.09. The van der Waals surface area contributed by atoms with Crippen molar-refractivity contribution in [3.05, 3.63) is 41.5 Å². The molecule has 0 unspecified atom stereocenters. The highest BCUT2D eigenvalue weighted by Crippen LogP contribution is 2.20. The van der Waals surface area contributed by atoms with Crippen LogP contribution in [0.5, 0.6) is 0 Å². The Hall–Kier alpha value is -1.82. The van der Waals surface area contributed by atoms with E-state index in [-0.39, 0.29) is 11.7 Å². The van der Waals surface area contributed by atoms with Crippen LogP contribution in [0, 0.1) is 0 Å². The second-order valence-corrected chi connectivity index (χ2v) is 8.32. The number of anilines is 1. The molecule has 0 saturated carbocycles. The van der Waals surface area contributed by atoms with E-state index in [2.05, 4.69) is 11.4 Å². The Morgan fingerprint density at radius 1 is 1.21 bits per heavy atom. The number of sulfonamides is 1. The normalized spacial score (nSPS) is 14.8. The summed E-state index contributed by atoms with van der Waals surface area (Å²) in [7, 11) is -1.76. The monoisotopic (exact) mass is 350 g/mol. The number of hydrogen-bond acceptors (Lipinski definition) is 3. The minimum absolute atomic E-state index is 0.0432. The second-order valence-electron chi connectivity index (χ2n) is 6.03. The highest BCUT2D eigenvalue weighted by molar-refractivity contribution is 7.92. The molecule has 1 N–H and O–H groups in total. The zero-order valence-electron chi connectivity index (χ0n) is 14.4. The molecular formula is C18H26N2O3S. The first-order chi connectivity index (χ1) is 11.4. The molecular weight excluding hydrogens is 324 g/mol. The molecule has 0 radical (unpaired) electrons. The van der Waals surface area contributed by atoms with Gasteiger partial charge in [0.05, 0.1) is 11.4 Å². The lowest BCUT2D eigenvalue weighted by atomic mass is 9.97. The number of allylic oxidation sites excluding steroid dienone is 1. The SMILES string of the molecule is CCS(=O)(=O)N(C)c1ccc(C(=O)NCCC2=CCCCC2)cc1. The van der Waals surface area contributed by atoms with E-state index in [1.54, 1.807) is 31.2 Å². The topological polar surface area (TPSA) is 66.5 Å². The van der Waals surface area contributed by atoms with Crippen molar-refractivity contribution in [1.82, 2.24) is 5.32 Å². The molecule has 0 spiro atoms. The van der Waals surface area contributed by atoms with Gasteiger partial charge in [0.2, 0.25) is 10.0 Å². The molecule has 0 fully saturated rings. The average Bonchev–Trinajstić information content (AvgIpc) is 2.62. The van der Waals surface area contributed by atoms with Crippen LogP contribution in [-0.2, 0) is 10.0 Å². The maximum Gasteiger partial charge on any atom is 0.251 e. The van der Waals surface area contributed by atoms with Gasteiger partial charge in [0, 0.05) is 19.2 Å². The molecule has 0 heterocycles. The summed E-state index contributed by atoms with van der Waals surface area (Å²) >= 11 is 0. The molecule has 2 rings (SSSR count). The highest BCUT2D eigenvalue weighted by Gasteiger charge is 2.16. The number of benzene rings is 1. The van der Waals surface area contributed by atoms with Gasteiger partial charge < -0.3 is 5.32 Å². The molecule has 1 aliphatic rings. The number of hydrogen-bond donors (Lipinski definition) is 1. The van der Waals surface area contributed by atoms with Gasteiger partial charge in [-0.15, -0.1) is 0 Å². The molecule has 0 atom stereocenters. The van der Waals surface area contributed by atoms with E-state index >= 15 is 0 Å². The van der Waals surface area contributed by atoms with Gasteiger partial charge >= 0.3 is 0 Å². The second kappa shape index (κ2) is 8.33. The van der Waals surface area contributed by atoms with E-state index in [9.17, 15) is 13.2 Å². The average molecular weight is 350 g/mol. The number of carbonyl (C=O) groups excluding carboxylic acids is 1. The molecule has 24 heavy (non-hydrogen) atoms. The lowest BCUT2D eigenvalue weighted by Crippen LogP contribution is -2.28. The number of nitrogens with one attached hydrogen (secondary N) is 1. The quantitative estimate of drug-likeness (QED) is 0.769. The van der Waals surface area contributed by atoms with Crippen molar-refractivity contribution in [2.75, 3.05) is 23.7 Å². The van der Waals surface area contributed by atoms with E-state index in [1.807, 2.05) is 0 Å². The van der Waals surface area contributed by atoms with Crippen LogP contribution < -0.4 is 9.62 Å². The van der Waals surface area contributed by atoms with Crippen LogP contribution in [0.25, 0.3) is 0 Å². The summed E-state index contributed by atoms with van der Waals surface area (Å²) in [5.74, 6) is -0.0827. The van der Waals surface area contributed by atoms with E-state index in [0.29, 0.717) is 17.8 Å². The van der Waals surface area contributed by atoms with E-state index < -0.39 is 10.0 Å². The maximum atomic E-state index is 12.2. The number of nitrogens with zero attached hydrogens (tertiary/aromatic N) is 1. The van der Waals surface area contributed by atoms with Crippen molar-refractivity contribution in [3.8, 4) is 0 Å². The summed E-state index contributed by atoms with van der Waals surface area (Å²) in [6, 6.07) is 6.63. The first-order valence-electron chi connectivity index (χ1n) is 8.47. The van der Waals surface area contributed by atoms with Gasteiger partial charge in [-0.2, -0.15) is 0 Å². The van der Waals surface area contributed by atoms with E-state index in [1.165, 1.54) is 29.8 Å². The van der Waals surface area contributed by atoms with Crippen molar-refractivity contribution >= 4 is 21.6 Å². The summed E-state index contributed by atoms with van der Waals surface area (Å²) in [5, 5.41) is 2.92. The van der Waals surface area contributed by atoms with Gasteiger partial charge in [0.15, 0.2) is 0 Å². The van der Waals surface area contributed by atoms with Crippen molar-refractivity contribution in [1.29, 1.82) is 0 Å². The van der Waals surface area contributed by atoms with Gasteiger partial charge in [-0.25, -0.2) is 8.42 Å². The molecule has 5 nitrogen and oxygen atoms in total. The molecule has 1 amide bonds. The van der Waals surface area contributed by atoms with Gasteiger partial charge in [-0.1, -0.05) is 11.6 Å². The van der Waals surface area contributed by atoms with Gasteiger partial charge in [-0.05, 0) is 63.3 Å². The molecule has 6 heteroatoms. The largest absolute Gasteiger partial charge is 0.352 e. The lowest BCUT2D eigenvalue weighted by Gasteiger charge is -2.18. The third-order valence-corrected chi connectivity index (χ3v) is 6.17. The number of carbonyl (C=O) groups is 1. The van der Waals surface area contributed by atoms with E-state index in [0.717, 1.165) is 19.3 Å². The molecule has 0 saturated heterocycles. The third-order valence-electron chi connectivity index (χ3n) is 4.39. The van der Waals surface area contributed by atoms with Crippen molar-refractivity contribution in [2.24, 2.45) is 0 Å². The summed E-state index contributed by atoms with van der Waals surface area (Å²) in [4.78, 5) is 12.2. The van der Waals surface area contributed by atoms with Crippen LogP contribution in [0.1, 0.15) is 49.4 Å². The summed E-state index contributed by atoms with van der Waals surface area (Å²) in [6.07, 6.45) is 8.00. The van der Waals surface area contributed by atoms with Crippen LogP contribution in [0.2, 0.25) is 0 Å². The zero-order chi connectivity index (χ0) is 17.6. The third kappa shape index (κ3) is 4.84. The van der Waals surface area contributed by atoms with E-state index in [4.69, 9.17) is 0 Å². The molecule has 1 aromatic rings. The molecule has 0 aromatic heterocycles. The number of rotatable bonds is 7. The standard InChI is InChI=1S/C18H26N2O3S/c1-3-24(22,23)20(2)17-11-9-16(10-12-17)18(21)19-14-13-15-7-5-4-6-8-15/h7,9-12H,3-6,8,13-14H2,1-2H3,(H,19,21). The Kier molecular flexibility index (Phi) is 6.43. The Morgan fingerprint density at radius 3 is 2.50 bits per heavy atom. The lowest BCUT2D eigenvalue weighted by molar-refractivity contribution is 0.0954. The van der Waals surface area contributed by atoms with Crippen molar-refractivity contribution < 1.29 is 13.2 Å². The van der Waals surface area contributed by atoms with Gasteiger partial charge in [-0.3, -0.25) is 9.10 Å². The Bertz CT molecular complexity index is 693. The van der Waals surface area contributed by atoms with Crippen LogP contribution in [0.3, 0.4) is 0 Å². The first kappa shape index (κ1) is 18.5. The van der Waals surface area contributed by atoms with Gasteiger partial charge in [0.25, 0.3) is 5.91 Å². The van der Waals surface area contributed by atoms with Crippen LogP contribution in [0.15, 0.2) is 35.9 Å². The van der Waals surface area contributed by atoms with Crippen molar-refractivity contribution in [2.45, 2.75) is 39.0 Å². The fraction of sp³-hybridized carbons (Fsp3) is 0.500. The zero-order valence-corrected chi connectivity index (χ0v) is 15.2. The Balaban J connectivity index is 1.90. The van der Waals surface area contributed by atoms with Crippen LogP contribution >= 0.6 is 0 Å². The summed E-state index contributed by atoms with van der Waals surface area (Å²) in [5.41, 5.74) is 2.53. The predicted molar refractivity (Wildman–Crippen MR) is 97.8 cm³/mol. The molecule has 1 aromatic carbocycles. The minimum Gasteiger partial charge on any atom is -0.352 e. The fourth-order valence-corrected chi connectivity index (χ4v) is 3.58. The molecule has 1 aliphatic carbocycles. The van der Waals surface area contributed by atoms with Crippen LogP contribution in [0.4, 0.5) is 5.69 Å². The Labute approximate surface area is 144 Å². The molecule has 0 aliphatic heterocycles. The fourth-order valence-electron chi connectivity index (χ4n) is 2.75. The Morgan fingerprint density at radius 2 is 1.92 bits per heavy atom. The van der Waals surface area contributed by atoms with Crippen LogP contribution in [-0.4, -0.2) is 33.7 Å². The molecule has 132 valence electrons. The highest BCUT2D eigenvalue weighted by atomic mass is 32.2. The minimum atomic E-state index is -3.28. The molecule has 0 bridgehead atoms. The van der Waals surface area contributed by atoms with Crippen molar-refractivity contribution in [3.63, 3.8) is 0 Å².